The number of carbonyl (C=O) groups excluding carboxylic acids is 2. The summed E-state index contributed by atoms with van der Waals surface area (Å²) in [6.07, 6.45) is 0. The third-order valence-electron chi connectivity index (χ3n) is 3.54. The van der Waals surface area contributed by atoms with Crippen LogP contribution >= 0.6 is 35.2 Å². The molecule has 1 aromatic carbocycles. The highest BCUT2D eigenvalue weighted by Gasteiger charge is 2.26. The fourth-order valence-electron chi connectivity index (χ4n) is 2.25. The maximum absolute atomic E-state index is 12.1. The van der Waals surface area contributed by atoms with Crippen LogP contribution in [-0.4, -0.2) is 38.4 Å². The van der Waals surface area contributed by atoms with Crippen LogP contribution in [-0.2, 0) is 9.47 Å². The molecular formula is C17H17ClN2O5S2. The van der Waals surface area contributed by atoms with Crippen LogP contribution in [0.5, 0.6) is 5.75 Å². The predicted molar refractivity (Wildman–Crippen MR) is 110 cm³/mol. The second kappa shape index (κ2) is 9.03. The molecule has 0 saturated heterocycles. The van der Waals surface area contributed by atoms with Gasteiger partial charge in [-0.15, -0.1) is 11.3 Å². The number of hydrogen-bond donors (Lipinski definition) is 2. The van der Waals surface area contributed by atoms with E-state index in [9.17, 15) is 9.59 Å². The van der Waals surface area contributed by atoms with E-state index in [4.69, 9.17) is 38.0 Å². The number of anilines is 2. The minimum atomic E-state index is -0.586. The number of ether oxygens (including phenoxy) is 3. The Morgan fingerprint density at radius 3 is 2.33 bits per heavy atom. The first kappa shape index (κ1) is 20.9. The quantitative estimate of drug-likeness (QED) is 0.543. The lowest BCUT2D eigenvalue weighted by Gasteiger charge is -2.12. The minimum Gasteiger partial charge on any atom is -0.495 e. The van der Waals surface area contributed by atoms with E-state index in [-0.39, 0.29) is 15.6 Å². The van der Waals surface area contributed by atoms with Gasteiger partial charge < -0.3 is 24.8 Å². The fraction of sp³-hybridized carbons (Fsp3) is 0.235. The highest BCUT2D eigenvalue weighted by atomic mass is 35.5. The molecule has 0 bridgehead atoms. The van der Waals surface area contributed by atoms with Crippen molar-refractivity contribution in [3.63, 3.8) is 0 Å². The molecule has 7 nitrogen and oxygen atoms in total. The van der Waals surface area contributed by atoms with Gasteiger partial charge in [0.25, 0.3) is 0 Å². The van der Waals surface area contributed by atoms with Crippen molar-refractivity contribution in [3.05, 3.63) is 39.2 Å². The number of esters is 2. The van der Waals surface area contributed by atoms with Crippen LogP contribution in [0, 0.1) is 6.92 Å². The summed E-state index contributed by atoms with van der Waals surface area (Å²) in [5.41, 5.74) is 1.30. The highest BCUT2D eigenvalue weighted by molar-refractivity contribution is 7.80. The van der Waals surface area contributed by atoms with Gasteiger partial charge in [-0.25, -0.2) is 9.59 Å². The Hall–Kier alpha value is -2.36. The minimum absolute atomic E-state index is 0.207. The molecule has 0 radical (unpaired) electrons. The molecule has 0 amide bonds. The molecule has 10 heteroatoms. The Morgan fingerprint density at radius 1 is 1.11 bits per heavy atom. The summed E-state index contributed by atoms with van der Waals surface area (Å²) in [5.74, 6) is -0.598. The van der Waals surface area contributed by atoms with Crippen molar-refractivity contribution in [2.75, 3.05) is 32.0 Å². The molecule has 0 unspecified atom stereocenters. The van der Waals surface area contributed by atoms with Gasteiger partial charge in [-0.05, 0) is 42.9 Å². The Labute approximate surface area is 170 Å². The zero-order valence-corrected chi connectivity index (χ0v) is 17.4. The Morgan fingerprint density at radius 2 is 1.78 bits per heavy atom. The predicted octanol–water partition coefficient (Wildman–Crippen LogP) is 4.10. The molecule has 0 aliphatic carbocycles. The number of thiocarbonyl (C=S) groups is 1. The third kappa shape index (κ3) is 4.68. The largest absolute Gasteiger partial charge is 0.495 e. The van der Waals surface area contributed by atoms with Crippen molar-refractivity contribution >= 4 is 62.9 Å². The van der Waals surface area contributed by atoms with Gasteiger partial charge in [-0.2, -0.15) is 0 Å². The number of halogens is 1. The highest BCUT2D eigenvalue weighted by Crippen LogP contribution is 2.34. The van der Waals surface area contributed by atoms with Crippen molar-refractivity contribution in [2.24, 2.45) is 0 Å². The second-order valence-corrected chi connectivity index (χ2v) is 7.01. The molecule has 0 aliphatic heterocycles. The van der Waals surface area contributed by atoms with Gasteiger partial charge >= 0.3 is 11.9 Å². The van der Waals surface area contributed by atoms with E-state index >= 15 is 0 Å². The van der Waals surface area contributed by atoms with Crippen LogP contribution in [0.2, 0.25) is 5.02 Å². The van der Waals surface area contributed by atoms with E-state index in [1.807, 2.05) is 0 Å². The van der Waals surface area contributed by atoms with Crippen molar-refractivity contribution in [2.45, 2.75) is 6.92 Å². The average molecular weight is 429 g/mol. The molecule has 1 aromatic heterocycles. The van der Waals surface area contributed by atoms with Gasteiger partial charge in [0.1, 0.15) is 15.6 Å². The van der Waals surface area contributed by atoms with Crippen LogP contribution in [0.15, 0.2) is 18.2 Å². The van der Waals surface area contributed by atoms with Crippen LogP contribution in [0.4, 0.5) is 10.7 Å². The first-order chi connectivity index (χ1) is 12.8. The van der Waals surface area contributed by atoms with Gasteiger partial charge in [0.2, 0.25) is 0 Å². The molecule has 1 heterocycles. The molecule has 27 heavy (non-hydrogen) atoms. The van der Waals surface area contributed by atoms with E-state index in [1.165, 1.54) is 21.3 Å². The van der Waals surface area contributed by atoms with E-state index in [2.05, 4.69) is 10.6 Å². The maximum Gasteiger partial charge on any atom is 0.348 e. The van der Waals surface area contributed by atoms with E-state index in [0.717, 1.165) is 11.3 Å². The monoisotopic (exact) mass is 428 g/mol. The molecule has 0 spiro atoms. The number of thiophene rings is 1. The van der Waals surface area contributed by atoms with Gasteiger partial charge in [-0.1, -0.05) is 11.6 Å². The first-order valence-corrected chi connectivity index (χ1v) is 9.14. The zero-order chi connectivity index (χ0) is 20.1. The smallest absolute Gasteiger partial charge is 0.348 e. The number of nitrogens with one attached hydrogen (secondary N) is 2. The lowest BCUT2D eigenvalue weighted by molar-refractivity contribution is 0.0601. The SMILES string of the molecule is COC(=O)c1sc(NC(=S)Nc2ccc(OC)c(Cl)c2)c(C(=O)OC)c1C. The fourth-order valence-corrected chi connectivity index (χ4v) is 3.91. The molecule has 2 aromatic rings. The van der Waals surface area contributed by atoms with Crippen molar-refractivity contribution in [1.29, 1.82) is 0 Å². The second-order valence-electron chi connectivity index (χ2n) is 5.17. The van der Waals surface area contributed by atoms with Gasteiger partial charge in [0, 0.05) is 5.69 Å². The molecule has 144 valence electrons. The van der Waals surface area contributed by atoms with E-state index in [1.54, 1.807) is 25.1 Å². The van der Waals surface area contributed by atoms with Crippen molar-refractivity contribution in [1.82, 2.24) is 0 Å². The zero-order valence-electron chi connectivity index (χ0n) is 15.0. The molecule has 0 saturated carbocycles. The molecular weight excluding hydrogens is 412 g/mol. The number of rotatable bonds is 5. The Balaban J connectivity index is 2.27. The van der Waals surface area contributed by atoms with Gasteiger partial charge in [0.15, 0.2) is 5.11 Å². The number of benzene rings is 1. The maximum atomic E-state index is 12.1. The summed E-state index contributed by atoms with van der Waals surface area (Å²) in [4.78, 5) is 24.3. The summed E-state index contributed by atoms with van der Waals surface area (Å²) < 4.78 is 14.7. The summed E-state index contributed by atoms with van der Waals surface area (Å²) >= 11 is 12.4. The van der Waals surface area contributed by atoms with Gasteiger partial charge in [0.05, 0.1) is 31.9 Å². The first-order valence-electron chi connectivity index (χ1n) is 7.53. The summed E-state index contributed by atoms with van der Waals surface area (Å²) in [7, 11) is 4.05. The number of hydrogen-bond acceptors (Lipinski definition) is 7. The Kier molecular flexibility index (Phi) is 7.00. The number of methoxy groups -OCH3 is 3. The standard InChI is InChI=1S/C17H17ClN2O5S2/c1-8-12(15(21)24-3)14(27-13(8)16(22)25-4)20-17(26)19-9-5-6-11(23-2)10(18)7-9/h5-7H,1-4H3,(H2,19,20,26). The summed E-state index contributed by atoms with van der Waals surface area (Å²) in [5, 5.41) is 6.87. The van der Waals surface area contributed by atoms with E-state index < -0.39 is 11.9 Å². The van der Waals surface area contributed by atoms with Crippen LogP contribution in [0.1, 0.15) is 25.6 Å². The van der Waals surface area contributed by atoms with Gasteiger partial charge in [-0.3, -0.25) is 0 Å². The van der Waals surface area contributed by atoms with Crippen molar-refractivity contribution in [3.8, 4) is 5.75 Å². The van der Waals surface area contributed by atoms with Crippen LogP contribution in [0.25, 0.3) is 0 Å². The van der Waals surface area contributed by atoms with Crippen molar-refractivity contribution < 1.29 is 23.8 Å². The van der Waals surface area contributed by atoms with Crippen LogP contribution in [0.3, 0.4) is 0 Å². The van der Waals surface area contributed by atoms with E-state index in [0.29, 0.717) is 27.0 Å². The average Bonchev–Trinajstić information content (AvgIpc) is 2.96. The number of carbonyl (C=O) groups is 2. The summed E-state index contributed by atoms with van der Waals surface area (Å²) in [6.45, 7) is 1.64. The molecule has 0 fully saturated rings. The molecule has 0 atom stereocenters. The third-order valence-corrected chi connectivity index (χ3v) is 5.23. The molecule has 2 N–H and O–H groups in total. The summed E-state index contributed by atoms with van der Waals surface area (Å²) in [6, 6.07) is 5.08. The molecule has 0 aliphatic rings. The normalized spacial score (nSPS) is 10.1. The lowest BCUT2D eigenvalue weighted by Crippen LogP contribution is -2.20. The Bertz CT molecular complexity index is 898. The molecule has 2 rings (SSSR count). The van der Waals surface area contributed by atoms with Crippen LogP contribution < -0.4 is 15.4 Å². The lowest BCUT2D eigenvalue weighted by atomic mass is 10.1. The topological polar surface area (TPSA) is 85.9 Å².